The maximum atomic E-state index is 13.3. The standard InChI is InChI=1S/C29H32FN5O4/c30-24-12-10-22(11-13-24)28(37)34-35(25-14-15-26-23(17-25)18-31-20-33-26)27(36)9-5-2-6-16-32-29(38)39-19-21-7-3-1-4-8-21/h1,3-4,7-8,10-13,18,20,25H,2,5-6,9,14-17,19H2,(H,32,38)(H,34,37). The minimum absolute atomic E-state index is 0.203. The first-order chi connectivity index (χ1) is 19.0. The molecule has 0 bridgehead atoms. The van der Waals surface area contributed by atoms with Gasteiger partial charge in [-0.15, -0.1) is 0 Å². The molecular weight excluding hydrogens is 501 g/mol. The van der Waals surface area contributed by atoms with Gasteiger partial charge < -0.3 is 10.1 Å². The number of carbonyl (C=O) groups is 3. The number of halogens is 1. The van der Waals surface area contributed by atoms with Crippen LogP contribution in [-0.4, -0.2) is 45.5 Å². The lowest BCUT2D eigenvalue weighted by Gasteiger charge is -2.34. The molecule has 4 rings (SSSR count). The van der Waals surface area contributed by atoms with Crippen molar-refractivity contribution < 1.29 is 23.5 Å². The third-order valence-corrected chi connectivity index (χ3v) is 6.56. The molecule has 3 amide bonds. The number of amides is 3. The van der Waals surface area contributed by atoms with E-state index in [1.165, 1.54) is 35.6 Å². The number of nitrogens with one attached hydrogen (secondary N) is 2. The molecule has 2 aromatic carbocycles. The summed E-state index contributed by atoms with van der Waals surface area (Å²) in [5.41, 5.74) is 5.84. The van der Waals surface area contributed by atoms with Crippen molar-refractivity contribution in [3.8, 4) is 0 Å². The Morgan fingerprint density at radius 3 is 2.62 bits per heavy atom. The largest absolute Gasteiger partial charge is 0.445 e. The van der Waals surface area contributed by atoms with Crippen LogP contribution in [0.5, 0.6) is 0 Å². The summed E-state index contributed by atoms with van der Waals surface area (Å²) >= 11 is 0. The van der Waals surface area contributed by atoms with Crippen LogP contribution in [0.25, 0.3) is 0 Å². The molecule has 3 aromatic rings. The molecule has 1 aliphatic carbocycles. The van der Waals surface area contributed by atoms with Crippen molar-refractivity contribution >= 4 is 17.9 Å². The van der Waals surface area contributed by atoms with Crippen LogP contribution in [0.4, 0.5) is 9.18 Å². The van der Waals surface area contributed by atoms with Crippen LogP contribution in [0.15, 0.2) is 67.1 Å². The number of aromatic nitrogens is 2. The molecular formula is C29H32FN5O4. The summed E-state index contributed by atoms with van der Waals surface area (Å²) in [6.45, 7) is 0.644. The van der Waals surface area contributed by atoms with Crippen LogP contribution in [0.2, 0.25) is 0 Å². The van der Waals surface area contributed by atoms with Crippen LogP contribution >= 0.6 is 0 Å². The van der Waals surface area contributed by atoms with Gasteiger partial charge in [-0.05, 0) is 67.5 Å². The van der Waals surface area contributed by atoms with E-state index in [1.54, 1.807) is 6.20 Å². The highest BCUT2D eigenvalue weighted by Crippen LogP contribution is 2.23. The van der Waals surface area contributed by atoms with E-state index in [-0.39, 0.29) is 30.5 Å². The predicted molar refractivity (Wildman–Crippen MR) is 142 cm³/mol. The minimum atomic E-state index is -0.480. The number of fused-ring (bicyclic) bond motifs is 1. The van der Waals surface area contributed by atoms with Gasteiger partial charge in [0.2, 0.25) is 5.91 Å². The average molecular weight is 534 g/mol. The zero-order valence-corrected chi connectivity index (χ0v) is 21.6. The molecule has 39 heavy (non-hydrogen) atoms. The number of hydrazine groups is 1. The smallest absolute Gasteiger partial charge is 0.407 e. The number of unbranched alkanes of at least 4 members (excludes halogenated alkanes) is 2. The Morgan fingerprint density at radius 1 is 1.03 bits per heavy atom. The lowest BCUT2D eigenvalue weighted by molar-refractivity contribution is -0.136. The molecule has 2 N–H and O–H groups in total. The van der Waals surface area contributed by atoms with Gasteiger partial charge in [-0.2, -0.15) is 0 Å². The highest BCUT2D eigenvalue weighted by atomic mass is 19.1. The molecule has 0 radical (unpaired) electrons. The van der Waals surface area contributed by atoms with E-state index < -0.39 is 17.8 Å². The summed E-state index contributed by atoms with van der Waals surface area (Å²) in [5.74, 6) is -1.12. The molecule has 0 aliphatic heterocycles. The SMILES string of the molecule is O=C(NCCCCCC(=O)N(NC(=O)c1ccc(F)cc1)C1CCc2ncncc2C1)OCc1ccccc1. The van der Waals surface area contributed by atoms with Crippen LogP contribution < -0.4 is 10.7 Å². The van der Waals surface area contributed by atoms with Gasteiger partial charge in [-0.3, -0.25) is 20.0 Å². The molecule has 1 aromatic heterocycles. The Bertz CT molecular complexity index is 1260. The topological polar surface area (TPSA) is 114 Å². The summed E-state index contributed by atoms with van der Waals surface area (Å²) < 4.78 is 18.5. The molecule has 0 saturated heterocycles. The molecule has 9 nitrogen and oxygen atoms in total. The van der Waals surface area contributed by atoms with E-state index >= 15 is 0 Å². The average Bonchev–Trinajstić information content (AvgIpc) is 2.97. The van der Waals surface area contributed by atoms with E-state index in [4.69, 9.17) is 4.74 Å². The number of carbonyl (C=O) groups excluding carboxylic acids is 3. The van der Waals surface area contributed by atoms with Crippen LogP contribution in [0.3, 0.4) is 0 Å². The van der Waals surface area contributed by atoms with Gasteiger partial charge in [-0.1, -0.05) is 36.8 Å². The number of hydrogen-bond donors (Lipinski definition) is 2. The third kappa shape index (κ3) is 8.33. The molecule has 1 aliphatic rings. The molecule has 1 heterocycles. The Morgan fingerprint density at radius 2 is 1.82 bits per heavy atom. The Balaban J connectivity index is 1.25. The summed E-state index contributed by atoms with van der Waals surface area (Å²) in [6, 6.07) is 14.4. The van der Waals surface area contributed by atoms with E-state index in [0.29, 0.717) is 45.1 Å². The third-order valence-electron chi connectivity index (χ3n) is 6.56. The zero-order chi connectivity index (χ0) is 27.5. The fourth-order valence-electron chi connectivity index (χ4n) is 4.45. The highest BCUT2D eigenvalue weighted by Gasteiger charge is 2.30. The van der Waals surface area contributed by atoms with Crippen LogP contribution in [-0.2, 0) is 29.0 Å². The number of rotatable bonds is 10. The number of nitrogens with zero attached hydrogens (tertiary/aromatic N) is 3. The van der Waals surface area contributed by atoms with Crippen LogP contribution in [0, 0.1) is 5.82 Å². The van der Waals surface area contributed by atoms with Crippen molar-refractivity contribution in [3.63, 3.8) is 0 Å². The molecule has 0 saturated carbocycles. The van der Waals surface area contributed by atoms with Crippen molar-refractivity contribution in [2.75, 3.05) is 6.54 Å². The quantitative estimate of drug-likeness (QED) is 0.299. The Kier molecular flexibility index (Phi) is 9.93. The fourth-order valence-corrected chi connectivity index (χ4v) is 4.45. The lowest BCUT2D eigenvalue weighted by atomic mass is 9.92. The van der Waals surface area contributed by atoms with Crippen LogP contribution in [0.1, 0.15) is 59.3 Å². The Labute approximate surface area is 226 Å². The maximum absolute atomic E-state index is 13.3. The molecule has 10 heteroatoms. The summed E-state index contributed by atoms with van der Waals surface area (Å²) in [4.78, 5) is 46.4. The number of aryl methyl sites for hydroxylation is 1. The molecule has 0 fully saturated rings. The number of alkyl carbamates (subject to hydrolysis) is 1. The zero-order valence-electron chi connectivity index (χ0n) is 21.6. The van der Waals surface area contributed by atoms with Gasteiger partial charge in [0.05, 0.1) is 6.04 Å². The van der Waals surface area contributed by atoms with Gasteiger partial charge in [0.25, 0.3) is 5.91 Å². The second kappa shape index (κ2) is 14.0. The first-order valence-electron chi connectivity index (χ1n) is 13.1. The Hall–Kier alpha value is -4.34. The number of ether oxygens (including phenoxy) is 1. The maximum Gasteiger partial charge on any atom is 0.407 e. The van der Waals surface area contributed by atoms with E-state index in [9.17, 15) is 18.8 Å². The summed E-state index contributed by atoms with van der Waals surface area (Å²) in [5, 5.41) is 4.14. The normalized spacial score (nSPS) is 14.1. The van der Waals surface area contributed by atoms with Gasteiger partial charge in [0.15, 0.2) is 0 Å². The predicted octanol–water partition coefficient (Wildman–Crippen LogP) is 4.13. The lowest BCUT2D eigenvalue weighted by Crippen LogP contribution is -2.53. The highest BCUT2D eigenvalue weighted by molar-refractivity contribution is 5.95. The van der Waals surface area contributed by atoms with Crippen molar-refractivity contribution in [1.82, 2.24) is 25.7 Å². The second-order valence-corrected chi connectivity index (χ2v) is 9.40. The molecule has 0 spiro atoms. The van der Waals surface area contributed by atoms with Crippen molar-refractivity contribution in [2.45, 2.75) is 57.6 Å². The summed E-state index contributed by atoms with van der Waals surface area (Å²) in [6.07, 6.45) is 6.85. The van der Waals surface area contributed by atoms with Crippen molar-refractivity contribution in [1.29, 1.82) is 0 Å². The van der Waals surface area contributed by atoms with E-state index in [1.807, 2.05) is 30.3 Å². The van der Waals surface area contributed by atoms with Gasteiger partial charge in [-0.25, -0.2) is 19.2 Å². The second-order valence-electron chi connectivity index (χ2n) is 9.40. The van der Waals surface area contributed by atoms with E-state index in [2.05, 4.69) is 20.7 Å². The first kappa shape index (κ1) is 27.7. The number of hydrogen-bond acceptors (Lipinski definition) is 6. The molecule has 204 valence electrons. The summed E-state index contributed by atoms with van der Waals surface area (Å²) in [7, 11) is 0. The van der Waals surface area contributed by atoms with Gasteiger partial charge in [0, 0.05) is 30.4 Å². The molecule has 1 unspecified atom stereocenters. The van der Waals surface area contributed by atoms with Gasteiger partial charge >= 0.3 is 6.09 Å². The van der Waals surface area contributed by atoms with E-state index in [0.717, 1.165) is 16.8 Å². The minimum Gasteiger partial charge on any atom is -0.445 e. The van der Waals surface area contributed by atoms with Gasteiger partial charge in [0.1, 0.15) is 18.8 Å². The van der Waals surface area contributed by atoms with Crippen molar-refractivity contribution in [3.05, 3.63) is 95.3 Å². The first-order valence-corrected chi connectivity index (χ1v) is 13.1. The fraction of sp³-hybridized carbons (Fsp3) is 0.345. The monoisotopic (exact) mass is 533 g/mol. The molecule has 1 atom stereocenters. The number of benzene rings is 2. The van der Waals surface area contributed by atoms with Crippen molar-refractivity contribution in [2.24, 2.45) is 0 Å².